The molecule has 9 heteroatoms. The van der Waals surface area contributed by atoms with Gasteiger partial charge in [-0.3, -0.25) is 19.3 Å². The molecule has 0 unspecified atom stereocenters. The van der Waals surface area contributed by atoms with Gasteiger partial charge in [-0.25, -0.2) is 8.42 Å². The SMILES string of the molecule is CCC(=O)N1CCN(C(=O)CCN=C2NS(=O)(=O)c3ccccc32)CC1. The fourth-order valence-corrected chi connectivity index (χ4v) is 4.35. The number of carbonyl (C=O) groups is 2. The molecule has 1 aromatic carbocycles. The Morgan fingerprint density at radius 2 is 1.69 bits per heavy atom. The van der Waals surface area contributed by atoms with Crippen molar-refractivity contribution in [3.05, 3.63) is 29.8 Å². The minimum atomic E-state index is -3.56. The molecule has 26 heavy (non-hydrogen) atoms. The second-order valence-electron chi connectivity index (χ2n) is 6.20. The van der Waals surface area contributed by atoms with Gasteiger partial charge in [0.05, 0.1) is 11.4 Å². The summed E-state index contributed by atoms with van der Waals surface area (Å²) in [5.74, 6) is 0.356. The highest BCUT2D eigenvalue weighted by molar-refractivity contribution is 7.90. The summed E-state index contributed by atoms with van der Waals surface area (Å²) in [6.45, 7) is 4.20. The summed E-state index contributed by atoms with van der Waals surface area (Å²) in [4.78, 5) is 31.9. The summed E-state index contributed by atoms with van der Waals surface area (Å²) in [5.41, 5.74) is 0.534. The van der Waals surface area contributed by atoms with E-state index in [0.29, 0.717) is 38.2 Å². The third-order valence-corrected chi connectivity index (χ3v) is 5.94. The number of piperazine rings is 1. The van der Waals surface area contributed by atoms with E-state index in [0.717, 1.165) is 0 Å². The molecule has 2 aliphatic rings. The maximum Gasteiger partial charge on any atom is 0.263 e. The molecule has 2 amide bonds. The van der Waals surface area contributed by atoms with Crippen molar-refractivity contribution in [1.29, 1.82) is 0 Å². The van der Waals surface area contributed by atoms with Crippen molar-refractivity contribution in [3.8, 4) is 0 Å². The zero-order chi connectivity index (χ0) is 18.7. The van der Waals surface area contributed by atoms with Gasteiger partial charge in [-0.1, -0.05) is 19.1 Å². The van der Waals surface area contributed by atoms with Crippen LogP contribution in [-0.2, 0) is 19.6 Å². The summed E-state index contributed by atoms with van der Waals surface area (Å²) < 4.78 is 26.5. The van der Waals surface area contributed by atoms with Gasteiger partial charge in [0.25, 0.3) is 10.0 Å². The molecule has 8 nitrogen and oxygen atoms in total. The Balaban J connectivity index is 1.55. The van der Waals surface area contributed by atoms with Crippen LogP contribution in [0, 0.1) is 0 Å². The highest BCUT2D eigenvalue weighted by Crippen LogP contribution is 2.22. The number of amides is 2. The number of nitrogens with one attached hydrogen (secondary N) is 1. The summed E-state index contributed by atoms with van der Waals surface area (Å²) >= 11 is 0. The number of aliphatic imine (C=N–C) groups is 1. The van der Waals surface area contributed by atoms with E-state index < -0.39 is 10.0 Å². The van der Waals surface area contributed by atoms with Crippen molar-refractivity contribution in [3.63, 3.8) is 0 Å². The molecule has 0 bridgehead atoms. The number of amidine groups is 1. The highest BCUT2D eigenvalue weighted by atomic mass is 32.2. The second kappa shape index (κ2) is 7.45. The van der Waals surface area contributed by atoms with Crippen LogP contribution < -0.4 is 4.72 Å². The predicted molar refractivity (Wildman–Crippen MR) is 96.2 cm³/mol. The van der Waals surface area contributed by atoms with Gasteiger partial charge in [-0.15, -0.1) is 0 Å². The molecular formula is C17H22N4O4S. The van der Waals surface area contributed by atoms with Crippen LogP contribution in [0.25, 0.3) is 0 Å². The third kappa shape index (κ3) is 3.72. The van der Waals surface area contributed by atoms with Crippen LogP contribution in [0.3, 0.4) is 0 Å². The van der Waals surface area contributed by atoms with E-state index in [-0.39, 0.29) is 35.5 Å². The Morgan fingerprint density at radius 1 is 1.08 bits per heavy atom. The normalized spacial score (nSPS) is 20.0. The highest BCUT2D eigenvalue weighted by Gasteiger charge is 2.30. The third-order valence-electron chi connectivity index (χ3n) is 4.55. The molecule has 0 spiro atoms. The average Bonchev–Trinajstić information content (AvgIpc) is 2.92. The van der Waals surface area contributed by atoms with Crippen LogP contribution in [-0.4, -0.2) is 68.6 Å². The Hall–Kier alpha value is -2.42. The number of fused-ring (bicyclic) bond motifs is 1. The molecule has 0 atom stereocenters. The molecule has 1 N–H and O–H groups in total. The first-order valence-electron chi connectivity index (χ1n) is 8.64. The molecular weight excluding hydrogens is 356 g/mol. The standard InChI is InChI=1S/C17H22N4O4S/c1-2-15(22)20-9-11-21(12-10-20)16(23)7-8-18-17-13-5-3-4-6-14(13)26(24,25)19-17/h3-6H,2,7-12H2,1H3,(H,18,19). The molecule has 140 valence electrons. The van der Waals surface area contributed by atoms with Gasteiger partial charge >= 0.3 is 0 Å². The first-order valence-corrected chi connectivity index (χ1v) is 10.1. The van der Waals surface area contributed by atoms with E-state index >= 15 is 0 Å². The van der Waals surface area contributed by atoms with Gasteiger partial charge in [0.1, 0.15) is 5.84 Å². The molecule has 1 aromatic rings. The first-order chi connectivity index (χ1) is 12.4. The van der Waals surface area contributed by atoms with Gasteiger partial charge < -0.3 is 9.80 Å². The van der Waals surface area contributed by atoms with Crippen LogP contribution >= 0.6 is 0 Å². The van der Waals surface area contributed by atoms with E-state index in [1.807, 2.05) is 6.92 Å². The molecule has 0 radical (unpaired) electrons. The second-order valence-corrected chi connectivity index (χ2v) is 7.85. The molecule has 2 heterocycles. The number of rotatable bonds is 4. The van der Waals surface area contributed by atoms with Crippen LogP contribution in [0.2, 0.25) is 0 Å². The Kier molecular flexibility index (Phi) is 5.26. The number of carbonyl (C=O) groups excluding carboxylic acids is 2. The Morgan fingerprint density at radius 3 is 2.35 bits per heavy atom. The summed E-state index contributed by atoms with van der Waals surface area (Å²) in [6, 6.07) is 6.63. The summed E-state index contributed by atoms with van der Waals surface area (Å²) in [5, 5.41) is 0. The maximum absolute atomic E-state index is 12.3. The van der Waals surface area contributed by atoms with Gasteiger partial charge in [0.15, 0.2) is 0 Å². The lowest BCUT2D eigenvalue weighted by molar-refractivity contribution is -0.139. The monoisotopic (exact) mass is 378 g/mol. The fraction of sp³-hybridized carbons (Fsp3) is 0.471. The number of hydrogen-bond donors (Lipinski definition) is 1. The summed E-state index contributed by atoms with van der Waals surface area (Å²) in [6.07, 6.45) is 0.679. The van der Waals surface area contributed by atoms with Crippen LogP contribution in [0.15, 0.2) is 34.2 Å². The van der Waals surface area contributed by atoms with Gasteiger partial charge in [-0.05, 0) is 12.1 Å². The lowest BCUT2D eigenvalue weighted by atomic mass is 10.2. The zero-order valence-corrected chi connectivity index (χ0v) is 15.5. The van der Waals surface area contributed by atoms with E-state index in [1.165, 1.54) is 6.07 Å². The zero-order valence-electron chi connectivity index (χ0n) is 14.6. The fourth-order valence-electron chi connectivity index (χ4n) is 3.10. The van der Waals surface area contributed by atoms with E-state index in [9.17, 15) is 18.0 Å². The first kappa shape index (κ1) is 18.4. The Bertz CT molecular complexity index is 842. The molecule has 1 fully saturated rings. The topological polar surface area (TPSA) is 99.2 Å². The van der Waals surface area contributed by atoms with Crippen LogP contribution in [0.1, 0.15) is 25.3 Å². The van der Waals surface area contributed by atoms with Crippen LogP contribution in [0.4, 0.5) is 0 Å². The van der Waals surface area contributed by atoms with Gasteiger partial charge in [0.2, 0.25) is 11.8 Å². The van der Waals surface area contributed by atoms with Gasteiger partial charge in [0, 0.05) is 44.6 Å². The smallest absolute Gasteiger partial charge is 0.263 e. The van der Waals surface area contributed by atoms with Crippen molar-refractivity contribution in [2.24, 2.45) is 4.99 Å². The molecule has 1 saturated heterocycles. The van der Waals surface area contributed by atoms with Crippen molar-refractivity contribution in [2.75, 3.05) is 32.7 Å². The molecule has 0 aliphatic carbocycles. The van der Waals surface area contributed by atoms with Crippen LogP contribution in [0.5, 0.6) is 0 Å². The maximum atomic E-state index is 12.3. The number of benzene rings is 1. The van der Waals surface area contributed by atoms with E-state index in [1.54, 1.807) is 28.0 Å². The van der Waals surface area contributed by atoms with Crippen molar-refractivity contribution in [2.45, 2.75) is 24.7 Å². The van der Waals surface area contributed by atoms with Crippen molar-refractivity contribution < 1.29 is 18.0 Å². The lowest BCUT2D eigenvalue weighted by Gasteiger charge is -2.34. The average molecular weight is 378 g/mol. The van der Waals surface area contributed by atoms with E-state index in [4.69, 9.17) is 0 Å². The lowest BCUT2D eigenvalue weighted by Crippen LogP contribution is -2.50. The number of nitrogens with zero attached hydrogens (tertiary/aromatic N) is 3. The minimum absolute atomic E-state index is 0.0351. The van der Waals surface area contributed by atoms with Crippen molar-refractivity contribution in [1.82, 2.24) is 14.5 Å². The molecule has 2 aliphatic heterocycles. The van der Waals surface area contributed by atoms with Gasteiger partial charge in [-0.2, -0.15) is 0 Å². The number of sulfonamides is 1. The largest absolute Gasteiger partial charge is 0.339 e. The molecule has 0 aromatic heterocycles. The minimum Gasteiger partial charge on any atom is -0.339 e. The van der Waals surface area contributed by atoms with Crippen molar-refractivity contribution >= 4 is 27.7 Å². The van der Waals surface area contributed by atoms with E-state index in [2.05, 4.69) is 9.71 Å². The molecule has 3 rings (SSSR count). The number of hydrogen-bond acceptors (Lipinski definition) is 5. The molecule has 0 saturated carbocycles. The predicted octanol–water partition coefficient (Wildman–Crippen LogP) is 0.196. The summed E-state index contributed by atoms with van der Waals surface area (Å²) in [7, 11) is -3.56. The quantitative estimate of drug-likeness (QED) is 0.809. The Labute approximate surface area is 152 Å².